The zero-order chi connectivity index (χ0) is 9.68. The lowest BCUT2D eigenvalue weighted by Crippen LogP contribution is -2.00. The third kappa shape index (κ3) is 3.88. The van der Waals surface area contributed by atoms with E-state index in [-0.39, 0.29) is 5.78 Å². The van der Waals surface area contributed by atoms with Gasteiger partial charge in [0.05, 0.1) is 0 Å². The molecule has 1 rings (SSSR count). The van der Waals surface area contributed by atoms with Gasteiger partial charge in [-0.2, -0.15) is 0 Å². The van der Waals surface area contributed by atoms with Gasteiger partial charge in [0, 0.05) is 6.42 Å². The van der Waals surface area contributed by atoms with E-state index in [0.29, 0.717) is 0 Å². The molecule has 1 heteroatoms. The second-order valence-corrected chi connectivity index (χ2v) is 3.64. The van der Waals surface area contributed by atoms with Gasteiger partial charge in [0.15, 0.2) is 5.78 Å². The van der Waals surface area contributed by atoms with Gasteiger partial charge in [0.2, 0.25) is 0 Å². The van der Waals surface area contributed by atoms with E-state index in [0.717, 1.165) is 24.8 Å². The highest BCUT2D eigenvalue weighted by Crippen LogP contribution is 2.15. The van der Waals surface area contributed by atoms with Crippen LogP contribution >= 0.6 is 0 Å². The first kappa shape index (κ1) is 9.97. The van der Waals surface area contributed by atoms with Crippen molar-refractivity contribution < 1.29 is 4.79 Å². The zero-order valence-corrected chi connectivity index (χ0v) is 8.34. The summed E-state index contributed by atoms with van der Waals surface area (Å²) >= 11 is 0. The monoisotopic (exact) mass is 176 g/mol. The van der Waals surface area contributed by atoms with E-state index in [1.807, 2.05) is 12.2 Å². The minimum absolute atomic E-state index is 0.267. The minimum Gasteiger partial charge on any atom is -0.295 e. The maximum atomic E-state index is 11.0. The Morgan fingerprint density at radius 1 is 1.38 bits per heavy atom. The number of carbonyl (C=O) groups is 1. The number of allylic oxidation sites excluding steroid dienone is 6. The predicted octanol–water partition coefficient (Wildman–Crippen LogP) is 3.19. The molecule has 0 unspecified atom stereocenters. The average molecular weight is 176 g/mol. The van der Waals surface area contributed by atoms with Gasteiger partial charge in [-0.3, -0.25) is 4.79 Å². The standard InChI is InChI=1S/C12H16O/c1-10(2)5-3-6-11-7-4-8-12(13)9-11/h3,5-6,9H,4,7-8H2,1-2H3/b6-3+. The van der Waals surface area contributed by atoms with Crippen LogP contribution in [0.1, 0.15) is 33.1 Å². The summed E-state index contributed by atoms with van der Waals surface area (Å²) in [5.74, 6) is 0.267. The number of ketones is 1. The topological polar surface area (TPSA) is 17.1 Å². The number of rotatable bonds is 2. The highest BCUT2D eigenvalue weighted by molar-refractivity contribution is 5.91. The normalized spacial score (nSPS) is 17.4. The third-order valence-electron chi connectivity index (χ3n) is 1.97. The molecule has 1 aliphatic carbocycles. The molecule has 0 saturated heterocycles. The Labute approximate surface area is 79.8 Å². The van der Waals surface area contributed by atoms with Crippen molar-refractivity contribution in [3.05, 3.63) is 35.5 Å². The summed E-state index contributed by atoms with van der Waals surface area (Å²) in [7, 11) is 0. The predicted molar refractivity (Wildman–Crippen MR) is 55.5 cm³/mol. The maximum absolute atomic E-state index is 11.0. The first-order valence-corrected chi connectivity index (χ1v) is 4.73. The number of hydrogen-bond acceptors (Lipinski definition) is 1. The van der Waals surface area contributed by atoms with Crippen LogP contribution in [0.15, 0.2) is 35.5 Å². The van der Waals surface area contributed by atoms with E-state index in [1.165, 1.54) is 5.57 Å². The van der Waals surface area contributed by atoms with Gasteiger partial charge in [0.25, 0.3) is 0 Å². The fourth-order valence-corrected chi connectivity index (χ4v) is 1.31. The second-order valence-electron chi connectivity index (χ2n) is 3.64. The molecule has 0 N–H and O–H groups in total. The van der Waals surface area contributed by atoms with Gasteiger partial charge >= 0.3 is 0 Å². The van der Waals surface area contributed by atoms with Crippen LogP contribution in [0.5, 0.6) is 0 Å². The van der Waals surface area contributed by atoms with Crippen molar-refractivity contribution in [2.75, 3.05) is 0 Å². The van der Waals surface area contributed by atoms with Gasteiger partial charge in [0.1, 0.15) is 0 Å². The Kier molecular flexibility index (Phi) is 3.69. The summed E-state index contributed by atoms with van der Waals surface area (Å²) in [6.07, 6.45) is 10.6. The van der Waals surface area contributed by atoms with Crippen LogP contribution in [-0.4, -0.2) is 5.78 Å². The second kappa shape index (κ2) is 4.80. The molecular weight excluding hydrogens is 160 g/mol. The van der Waals surface area contributed by atoms with E-state index in [4.69, 9.17) is 0 Å². The van der Waals surface area contributed by atoms with Gasteiger partial charge in [-0.15, -0.1) is 0 Å². The molecule has 70 valence electrons. The Balaban J connectivity index is 2.58. The van der Waals surface area contributed by atoms with Crippen molar-refractivity contribution in [3.8, 4) is 0 Å². The summed E-state index contributed by atoms with van der Waals surface area (Å²) in [6.45, 7) is 4.12. The SMILES string of the molecule is CC(C)=C/C=C/C1=CC(=O)CCC1. The first-order valence-electron chi connectivity index (χ1n) is 4.73. The highest BCUT2D eigenvalue weighted by atomic mass is 16.1. The van der Waals surface area contributed by atoms with Crippen LogP contribution in [0, 0.1) is 0 Å². The number of hydrogen-bond donors (Lipinski definition) is 0. The van der Waals surface area contributed by atoms with Crippen molar-refractivity contribution in [2.45, 2.75) is 33.1 Å². The van der Waals surface area contributed by atoms with E-state index in [1.54, 1.807) is 6.08 Å². The van der Waals surface area contributed by atoms with Crippen LogP contribution < -0.4 is 0 Å². The van der Waals surface area contributed by atoms with E-state index in [2.05, 4.69) is 19.9 Å². The lowest BCUT2D eigenvalue weighted by atomic mass is 9.98. The summed E-state index contributed by atoms with van der Waals surface area (Å²) < 4.78 is 0. The molecule has 1 aliphatic rings. The van der Waals surface area contributed by atoms with Gasteiger partial charge < -0.3 is 0 Å². The molecule has 13 heavy (non-hydrogen) atoms. The molecule has 0 bridgehead atoms. The van der Waals surface area contributed by atoms with E-state index < -0.39 is 0 Å². The lowest BCUT2D eigenvalue weighted by molar-refractivity contribution is -0.115. The summed E-state index contributed by atoms with van der Waals surface area (Å²) in [6, 6.07) is 0. The average Bonchev–Trinajstić information content (AvgIpc) is 2.03. The van der Waals surface area contributed by atoms with Crippen molar-refractivity contribution in [1.29, 1.82) is 0 Å². The molecule has 0 aromatic carbocycles. The van der Waals surface area contributed by atoms with Crippen LogP contribution in [0.3, 0.4) is 0 Å². The molecule has 0 fully saturated rings. The van der Waals surface area contributed by atoms with Crippen LogP contribution in [0.25, 0.3) is 0 Å². The molecule has 0 aliphatic heterocycles. The summed E-state index contributed by atoms with van der Waals surface area (Å²) in [5.41, 5.74) is 2.44. The van der Waals surface area contributed by atoms with Crippen LogP contribution in [0.4, 0.5) is 0 Å². The van der Waals surface area contributed by atoms with E-state index in [9.17, 15) is 4.79 Å². The molecule has 0 spiro atoms. The van der Waals surface area contributed by atoms with Crippen LogP contribution in [-0.2, 0) is 4.79 Å². The van der Waals surface area contributed by atoms with Crippen molar-refractivity contribution in [2.24, 2.45) is 0 Å². The molecule has 0 amide bonds. The van der Waals surface area contributed by atoms with Crippen molar-refractivity contribution in [3.63, 3.8) is 0 Å². The Morgan fingerprint density at radius 2 is 2.15 bits per heavy atom. The molecule has 0 atom stereocenters. The van der Waals surface area contributed by atoms with Crippen LogP contribution in [0.2, 0.25) is 0 Å². The quantitative estimate of drug-likeness (QED) is 0.590. The molecule has 0 heterocycles. The van der Waals surface area contributed by atoms with Gasteiger partial charge in [-0.1, -0.05) is 23.8 Å². The van der Waals surface area contributed by atoms with Crippen molar-refractivity contribution in [1.82, 2.24) is 0 Å². The lowest BCUT2D eigenvalue weighted by Gasteiger charge is -2.06. The van der Waals surface area contributed by atoms with E-state index >= 15 is 0 Å². The Bertz CT molecular complexity index is 275. The number of carbonyl (C=O) groups excluding carboxylic acids is 1. The fraction of sp³-hybridized carbons (Fsp3) is 0.417. The minimum atomic E-state index is 0.267. The van der Waals surface area contributed by atoms with Gasteiger partial charge in [-0.25, -0.2) is 0 Å². The smallest absolute Gasteiger partial charge is 0.155 e. The Hall–Kier alpha value is -1.11. The molecule has 0 aromatic rings. The third-order valence-corrected chi connectivity index (χ3v) is 1.97. The summed E-state index contributed by atoms with van der Waals surface area (Å²) in [5, 5.41) is 0. The first-order chi connectivity index (χ1) is 6.18. The van der Waals surface area contributed by atoms with Gasteiger partial charge in [-0.05, 0) is 38.3 Å². The maximum Gasteiger partial charge on any atom is 0.155 e. The zero-order valence-electron chi connectivity index (χ0n) is 8.34. The molecule has 1 nitrogen and oxygen atoms in total. The molecular formula is C12H16O. The Morgan fingerprint density at radius 3 is 2.77 bits per heavy atom. The molecule has 0 radical (unpaired) electrons. The fourth-order valence-electron chi connectivity index (χ4n) is 1.31. The summed E-state index contributed by atoms with van der Waals surface area (Å²) in [4.78, 5) is 11.0. The van der Waals surface area contributed by atoms with Crippen molar-refractivity contribution >= 4 is 5.78 Å². The molecule has 0 saturated carbocycles. The molecule has 0 aromatic heterocycles. The largest absolute Gasteiger partial charge is 0.295 e. The highest BCUT2D eigenvalue weighted by Gasteiger charge is 2.06.